The minimum atomic E-state index is -4.01. The predicted molar refractivity (Wildman–Crippen MR) is 266 cm³/mol. The molecule has 0 atom stereocenters. The van der Waals surface area contributed by atoms with Crippen LogP contribution in [0.15, 0.2) is 231 Å². The maximum atomic E-state index is 5.49. The van der Waals surface area contributed by atoms with Crippen molar-refractivity contribution in [2.45, 2.75) is 0 Å². The van der Waals surface area contributed by atoms with Crippen LogP contribution in [0.2, 0.25) is 0 Å². The number of benzene rings is 9. The second kappa shape index (κ2) is 14.5. The second-order valence-corrected chi connectivity index (χ2v) is 23.9. The fourth-order valence-corrected chi connectivity index (χ4v) is 20.7. The first-order valence-corrected chi connectivity index (χ1v) is 25.8. The molecule has 0 spiro atoms. The van der Waals surface area contributed by atoms with Gasteiger partial charge in [-0.3, -0.25) is 0 Å². The number of rotatable bonds is 7. The van der Waals surface area contributed by atoms with Crippen molar-refractivity contribution in [1.82, 2.24) is 27.6 Å². The van der Waals surface area contributed by atoms with E-state index in [1.807, 2.05) is 0 Å². The summed E-state index contributed by atoms with van der Waals surface area (Å²) in [4.78, 5) is 16.4. The Bertz CT molecular complexity index is 3590. The summed E-state index contributed by atoms with van der Waals surface area (Å²) >= 11 is -4.01. The van der Waals surface area contributed by atoms with Gasteiger partial charge in [0, 0.05) is 0 Å². The molecule has 0 saturated heterocycles. The van der Waals surface area contributed by atoms with Crippen LogP contribution in [0.5, 0.6) is 0 Å². The number of aromatic nitrogens is 6. The summed E-state index contributed by atoms with van der Waals surface area (Å²) in [6.07, 6.45) is 0. The van der Waals surface area contributed by atoms with Crippen LogP contribution in [0.3, 0.4) is 0 Å². The van der Waals surface area contributed by atoms with Gasteiger partial charge in [0.05, 0.1) is 0 Å². The van der Waals surface area contributed by atoms with Crippen molar-refractivity contribution in [3.8, 4) is 23.3 Å². The Balaban J connectivity index is 1.14. The van der Waals surface area contributed by atoms with Gasteiger partial charge < -0.3 is 0 Å². The Hall–Kier alpha value is -8.07. The summed E-state index contributed by atoms with van der Waals surface area (Å²) in [5.41, 5.74) is 7.53. The molecular formula is C57H38GeN6. The quantitative estimate of drug-likeness (QED) is 0.150. The zero-order chi connectivity index (χ0) is 42.2. The van der Waals surface area contributed by atoms with Crippen molar-refractivity contribution in [3.05, 3.63) is 231 Å². The average Bonchev–Trinajstić information content (AvgIpc) is 4.01. The third-order valence-electron chi connectivity index (χ3n) is 13.0. The molecule has 13 rings (SSSR count). The normalized spacial score (nSPS) is 12.1. The molecule has 7 heteroatoms. The topological polar surface area (TPSA) is 53.5 Å². The standard InChI is InChI=1S/C57H38GeN6/c1-3-21-40(22-4-1)58(41-23-5-2-6-24-41,64-53-36-17-11-30-47(53)48-31-12-18-37-54(48)64)42-25-19-20-39(38-42)55-59-56(62-49-32-13-7-26-43(49)44-27-8-14-33-50(44)62)61-57(60-55)63-51-34-15-9-28-45(51)46-29-10-16-35-52(46)63/h1-38H. The Morgan fingerprint density at radius 1 is 0.281 bits per heavy atom. The Morgan fingerprint density at radius 2 is 0.609 bits per heavy atom. The molecule has 0 N–H and O–H groups in total. The van der Waals surface area contributed by atoms with Crippen molar-refractivity contribution in [2.24, 2.45) is 0 Å². The van der Waals surface area contributed by atoms with Gasteiger partial charge in [0.25, 0.3) is 0 Å². The van der Waals surface area contributed by atoms with Gasteiger partial charge in [-0.05, 0) is 0 Å². The van der Waals surface area contributed by atoms with Gasteiger partial charge in [-0.15, -0.1) is 0 Å². The zero-order valence-electron chi connectivity index (χ0n) is 34.6. The van der Waals surface area contributed by atoms with Gasteiger partial charge in [-0.2, -0.15) is 0 Å². The van der Waals surface area contributed by atoms with Gasteiger partial charge >= 0.3 is 374 Å². The van der Waals surface area contributed by atoms with Gasteiger partial charge in [0.2, 0.25) is 0 Å². The van der Waals surface area contributed by atoms with Crippen molar-refractivity contribution in [3.63, 3.8) is 0 Å². The van der Waals surface area contributed by atoms with Crippen LogP contribution in [0, 0.1) is 0 Å². The number of fused-ring (bicyclic) bond motifs is 9. The predicted octanol–water partition coefficient (Wildman–Crippen LogP) is 11.4. The molecule has 0 fully saturated rings. The van der Waals surface area contributed by atoms with Crippen LogP contribution in [-0.2, 0) is 0 Å². The molecule has 13 aromatic rings. The zero-order valence-corrected chi connectivity index (χ0v) is 36.7. The molecule has 0 amide bonds. The first-order chi connectivity index (χ1) is 31.8. The molecule has 0 aliphatic carbocycles. The van der Waals surface area contributed by atoms with E-state index < -0.39 is 13.5 Å². The van der Waals surface area contributed by atoms with Crippen LogP contribution < -0.4 is 13.2 Å². The van der Waals surface area contributed by atoms with Crippen molar-refractivity contribution < 1.29 is 0 Å². The van der Waals surface area contributed by atoms with Gasteiger partial charge in [-0.1, -0.05) is 0 Å². The van der Waals surface area contributed by atoms with Crippen LogP contribution in [0.1, 0.15) is 0 Å². The molecule has 0 saturated carbocycles. The summed E-state index contributed by atoms with van der Waals surface area (Å²) in [5.74, 6) is 1.72. The molecule has 64 heavy (non-hydrogen) atoms. The molecule has 4 heterocycles. The monoisotopic (exact) mass is 880 g/mol. The molecule has 0 bridgehead atoms. The number of hydrogen-bond donors (Lipinski definition) is 0. The SMILES string of the molecule is c1cc[c]([Ge]([c]2ccccc2)([c]2cccc(-c3nc(-n4c5ccccc5c5ccccc54)nc(-n4c5ccccc5c5ccccc54)n3)c2)[n]2c3ccccc3c3ccccc32)cc1. The maximum absolute atomic E-state index is 5.49. The molecule has 4 aromatic heterocycles. The fraction of sp³-hybridized carbons (Fsp3) is 0. The van der Waals surface area contributed by atoms with E-state index in [1.165, 1.54) is 35.0 Å². The van der Waals surface area contributed by atoms with E-state index in [4.69, 9.17) is 15.0 Å². The van der Waals surface area contributed by atoms with Crippen molar-refractivity contribution >= 4 is 92.1 Å². The number of hydrogen-bond acceptors (Lipinski definition) is 3. The van der Waals surface area contributed by atoms with Crippen molar-refractivity contribution in [1.29, 1.82) is 0 Å². The minimum absolute atomic E-state index is 0.561. The molecule has 0 aliphatic heterocycles. The summed E-state index contributed by atoms with van der Waals surface area (Å²) in [5, 5.41) is 7.09. The van der Waals surface area contributed by atoms with E-state index in [0.29, 0.717) is 17.7 Å². The number of para-hydroxylation sites is 6. The second-order valence-electron chi connectivity index (χ2n) is 16.4. The molecule has 6 nitrogen and oxygen atoms in total. The number of nitrogens with zero attached hydrogens (tertiary/aromatic N) is 6. The van der Waals surface area contributed by atoms with Gasteiger partial charge in [-0.25, -0.2) is 0 Å². The third kappa shape index (κ3) is 5.36. The molecule has 9 aromatic carbocycles. The van der Waals surface area contributed by atoms with Crippen LogP contribution in [-0.4, -0.2) is 41.1 Å². The first-order valence-electron chi connectivity index (χ1n) is 21.7. The molecular weight excluding hydrogens is 841 g/mol. The average molecular weight is 880 g/mol. The molecule has 0 radical (unpaired) electrons. The van der Waals surface area contributed by atoms with E-state index in [9.17, 15) is 0 Å². The summed E-state index contributed by atoms with van der Waals surface area (Å²) in [7, 11) is 0. The van der Waals surface area contributed by atoms with E-state index in [-0.39, 0.29) is 0 Å². The summed E-state index contributed by atoms with van der Waals surface area (Å²) in [6, 6.07) is 83.4. The van der Waals surface area contributed by atoms with E-state index >= 15 is 0 Å². The fourth-order valence-electron chi connectivity index (χ4n) is 10.4. The van der Waals surface area contributed by atoms with E-state index in [2.05, 4.69) is 243 Å². The van der Waals surface area contributed by atoms with Gasteiger partial charge in [0.15, 0.2) is 0 Å². The first kappa shape index (κ1) is 36.6. The summed E-state index contributed by atoms with van der Waals surface area (Å²) in [6.45, 7) is 0. The molecule has 300 valence electrons. The van der Waals surface area contributed by atoms with Crippen LogP contribution in [0.4, 0.5) is 0 Å². The molecule has 0 unspecified atom stereocenters. The Kier molecular flexibility index (Phi) is 8.29. The Labute approximate surface area is 371 Å². The van der Waals surface area contributed by atoms with E-state index in [1.54, 1.807) is 0 Å². The van der Waals surface area contributed by atoms with Crippen molar-refractivity contribution in [2.75, 3.05) is 0 Å². The Morgan fingerprint density at radius 3 is 1.02 bits per heavy atom. The third-order valence-corrected chi connectivity index (χ3v) is 22.7. The molecule has 0 aliphatic rings. The van der Waals surface area contributed by atoms with Crippen LogP contribution in [0.25, 0.3) is 88.7 Å². The van der Waals surface area contributed by atoms with E-state index in [0.717, 1.165) is 49.2 Å². The van der Waals surface area contributed by atoms with Gasteiger partial charge in [0.1, 0.15) is 0 Å². The summed E-state index contributed by atoms with van der Waals surface area (Å²) < 4.78 is 11.0. The van der Waals surface area contributed by atoms with Crippen LogP contribution >= 0.6 is 0 Å².